The molecule has 4 N–H and O–H groups in total. The van der Waals surface area contributed by atoms with Gasteiger partial charge in [-0.1, -0.05) is 0 Å². The average Bonchev–Trinajstić information content (AvgIpc) is 2.02. The van der Waals surface area contributed by atoms with Crippen LogP contribution < -0.4 is 11.5 Å². The zero-order valence-corrected chi connectivity index (χ0v) is 9.46. The van der Waals surface area contributed by atoms with Crippen LogP contribution in [0.4, 0.5) is 0 Å². The third kappa shape index (κ3) is 9.68. The molecule has 2 unspecified atom stereocenters. The van der Waals surface area contributed by atoms with Crippen LogP contribution in [0.5, 0.6) is 0 Å². The Morgan fingerprint density at radius 3 is 1.64 bits per heavy atom. The van der Waals surface area contributed by atoms with Gasteiger partial charge in [-0.15, -0.1) is 0 Å². The van der Waals surface area contributed by atoms with E-state index in [4.69, 9.17) is 11.5 Å². The SMILES string of the molecule is CC(N)CCCC(=O)CCCC(C)N. The van der Waals surface area contributed by atoms with Gasteiger partial charge in [0.1, 0.15) is 5.78 Å². The molecule has 0 aromatic carbocycles. The highest BCUT2D eigenvalue weighted by Gasteiger charge is 2.03. The highest BCUT2D eigenvalue weighted by Crippen LogP contribution is 2.05. The smallest absolute Gasteiger partial charge is 0.132 e. The minimum absolute atomic E-state index is 0.215. The van der Waals surface area contributed by atoms with Gasteiger partial charge in [0.25, 0.3) is 0 Å². The number of rotatable bonds is 8. The predicted octanol–water partition coefficient (Wildman–Crippen LogP) is 1.59. The molecule has 0 fully saturated rings. The van der Waals surface area contributed by atoms with Gasteiger partial charge in [0.2, 0.25) is 0 Å². The predicted molar refractivity (Wildman–Crippen MR) is 60.0 cm³/mol. The van der Waals surface area contributed by atoms with Crippen LogP contribution in [0.3, 0.4) is 0 Å². The first-order chi connectivity index (χ1) is 6.52. The van der Waals surface area contributed by atoms with Crippen LogP contribution in [-0.2, 0) is 4.79 Å². The molecule has 0 radical (unpaired) electrons. The maximum Gasteiger partial charge on any atom is 0.132 e. The number of ketones is 1. The number of nitrogens with two attached hydrogens (primary N) is 2. The van der Waals surface area contributed by atoms with Crippen molar-refractivity contribution in [1.82, 2.24) is 0 Å². The first-order valence-corrected chi connectivity index (χ1v) is 5.55. The van der Waals surface area contributed by atoms with Crippen LogP contribution in [0.15, 0.2) is 0 Å². The van der Waals surface area contributed by atoms with Gasteiger partial charge in [0, 0.05) is 24.9 Å². The molecule has 0 rings (SSSR count). The highest BCUT2D eigenvalue weighted by molar-refractivity contribution is 5.78. The molecule has 3 nitrogen and oxygen atoms in total. The summed E-state index contributed by atoms with van der Waals surface area (Å²) in [4.78, 5) is 11.3. The van der Waals surface area contributed by atoms with Gasteiger partial charge >= 0.3 is 0 Å². The van der Waals surface area contributed by atoms with Crippen molar-refractivity contribution in [2.45, 2.75) is 64.5 Å². The van der Waals surface area contributed by atoms with E-state index in [1.54, 1.807) is 0 Å². The first-order valence-electron chi connectivity index (χ1n) is 5.55. The maximum absolute atomic E-state index is 11.3. The normalized spacial score (nSPS) is 15.1. The molecule has 0 bridgehead atoms. The highest BCUT2D eigenvalue weighted by atomic mass is 16.1. The van der Waals surface area contributed by atoms with Crippen molar-refractivity contribution in [1.29, 1.82) is 0 Å². The van der Waals surface area contributed by atoms with Crippen molar-refractivity contribution < 1.29 is 4.79 Å². The summed E-state index contributed by atoms with van der Waals surface area (Å²) in [5.41, 5.74) is 11.2. The molecule has 0 amide bonds. The van der Waals surface area contributed by atoms with Crippen molar-refractivity contribution in [2.75, 3.05) is 0 Å². The van der Waals surface area contributed by atoms with Crippen molar-refractivity contribution in [2.24, 2.45) is 11.5 Å². The lowest BCUT2D eigenvalue weighted by molar-refractivity contribution is -0.119. The summed E-state index contributed by atoms with van der Waals surface area (Å²) in [6, 6.07) is 0.429. The third-order valence-corrected chi connectivity index (χ3v) is 2.23. The summed E-state index contributed by atoms with van der Waals surface area (Å²) < 4.78 is 0. The second kappa shape index (κ2) is 7.94. The monoisotopic (exact) mass is 200 g/mol. The van der Waals surface area contributed by atoms with E-state index in [1.807, 2.05) is 13.8 Å². The Hall–Kier alpha value is -0.410. The van der Waals surface area contributed by atoms with E-state index in [2.05, 4.69) is 0 Å². The molecule has 2 atom stereocenters. The van der Waals surface area contributed by atoms with Crippen LogP contribution in [0.2, 0.25) is 0 Å². The van der Waals surface area contributed by atoms with Gasteiger partial charge < -0.3 is 11.5 Å². The fraction of sp³-hybridized carbons (Fsp3) is 0.909. The van der Waals surface area contributed by atoms with Crippen LogP contribution >= 0.6 is 0 Å². The minimum Gasteiger partial charge on any atom is -0.328 e. The molecule has 0 saturated carbocycles. The molecule has 14 heavy (non-hydrogen) atoms. The lowest BCUT2D eigenvalue weighted by Crippen LogP contribution is -2.16. The topological polar surface area (TPSA) is 69.1 Å². The van der Waals surface area contributed by atoms with Crippen LogP contribution in [0, 0.1) is 0 Å². The standard InChI is InChI=1S/C11H24N2O/c1-9(12)5-3-7-11(14)8-4-6-10(2)13/h9-10H,3-8,12-13H2,1-2H3. The number of hydrogen-bond acceptors (Lipinski definition) is 3. The van der Waals surface area contributed by atoms with Crippen molar-refractivity contribution in [3.8, 4) is 0 Å². The molecule has 0 saturated heterocycles. The van der Waals surface area contributed by atoms with Crippen molar-refractivity contribution in [3.05, 3.63) is 0 Å². The number of carbonyl (C=O) groups is 1. The van der Waals surface area contributed by atoms with Gasteiger partial charge in [-0.3, -0.25) is 4.79 Å². The number of Topliss-reactive ketones (excluding diaryl/α,β-unsaturated/α-hetero) is 1. The van der Waals surface area contributed by atoms with E-state index in [0.29, 0.717) is 18.6 Å². The Bertz CT molecular complexity index is 139. The van der Waals surface area contributed by atoms with Crippen molar-refractivity contribution in [3.63, 3.8) is 0 Å². The van der Waals surface area contributed by atoms with E-state index < -0.39 is 0 Å². The largest absolute Gasteiger partial charge is 0.328 e. The number of hydrogen-bond donors (Lipinski definition) is 2. The molecule has 84 valence electrons. The second-order valence-electron chi connectivity index (χ2n) is 4.28. The van der Waals surface area contributed by atoms with Gasteiger partial charge in [0.15, 0.2) is 0 Å². The molecule has 0 aliphatic carbocycles. The van der Waals surface area contributed by atoms with E-state index >= 15 is 0 Å². The van der Waals surface area contributed by atoms with E-state index in [9.17, 15) is 4.79 Å². The van der Waals surface area contributed by atoms with Crippen LogP contribution in [-0.4, -0.2) is 17.9 Å². The molecule has 0 aliphatic heterocycles. The summed E-state index contributed by atoms with van der Waals surface area (Å²) >= 11 is 0. The Morgan fingerprint density at radius 1 is 1.00 bits per heavy atom. The van der Waals surface area contributed by atoms with Gasteiger partial charge in [-0.05, 0) is 39.5 Å². The molecule has 3 heteroatoms. The summed E-state index contributed by atoms with van der Waals surface area (Å²) in [5, 5.41) is 0. The van der Waals surface area contributed by atoms with Crippen LogP contribution in [0.1, 0.15) is 52.4 Å². The summed E-state index contributed by atoms with van der Waals surface area (Å²) in [6.45, 7) is 3.95. The van der Waals surface area contributed by atoms with E-state index in [1.165, 1.54) is 0 Å². The van der Waals surface area contributed by atoms with E-state index in [0.717, 1.165) is 25.7 Å². The molecular weight excluding hydrogens is 176 g/mol. The zero-order valence-electron chi connectivity index (χ0n) is 9.46. The lowest BCUT2D eigenvalue weighted by Gasteiger charge is -2.05. The minimum atomic E-state index is 0.215. The fourth-order valence-electron chi connectivity index (χ4n) is 1.37. The Labute approximate surface area is 87.2 Å². The summed E-state index contributed by atoms with van der Waals surface area (Å²) in [6.07, 6.45) is 5.10. The average molecular weight is 200 g/mol. The molecule has 0 aromatic heterocycles. The molecular formula is C11H24N2O. The summed E-state index contributed by atoms with van der Waals surface area (Å²) in [7, 11) is 0. The first kappa shape index (κ1) is 13.6. The summed E-state index contributed by atoms with van der Waals surface area (Å²) in [5.74, 6) is 0.353. The quantitative estimate of drug-likeness (QED) is 0.625. The third-order valence-electron chi connectivity index (χ3n) is 2.23. The molecule has 0 heterocycles. The number of carbonyl (C=O) groups excluding carboxylic acids is 1. The fourth-order valence-corrected chi connectivity index (χ4v) is 1.37. The van der Waals surface area contributed by atoms with Crippen LogP contribution in [0.25, 0.3) is 0 Å². The lowest BCUT2D eigenvalue weighted by atomic mass is 10.0. The second-order valence-corrected chi connectivity index (χ2v) is 4.28. The maximum atomic E-state index is 11.3. The van der Waals surface area contributed by atoms with E-state index in [-0.39, 0.29) is 12.1 Å². The Morgan fingerprint density at radius 2 is 1.36 bits per heavy atom. The van der Waals surface area contributed by atoms with Gasteiger partial charge in [-0.2, -0.15) is 0 Å². The zero-order chi connectivity index (χ0) is 11.0. The molecule has 0 aliphatic rings. The Kier molecular flexibility index (Phi) is 7.71. The van der Waals surface area contributed by atoms with Crippen molar-refractivity contribution >= 4 is 5.78 Å². The molecule has 0 spiro atoms. The Balaban J connectivity index is 3.28. The van der Waals surface area contributed by atoms with Gasteiger partial charge in [0.05, 0.1) is 0 Å². The molecule has 0 aromatic rings. The van der Waals surface area contributed by atoms with Gasteiger partial charge in [-0.25, -0.2) is 0 Å².